The van der Waals surface area contributed by atoms with Crippen molar-refractivity contribution in [2.24, 2.45) is 5.92 Å². The number of aliphatic hydroxyl groups is 1. The lowest BCUT2D eigenvalue weighted by Gasteiger charge is -2.28. The van der Waals surface area contributed by atoms with Gasteiger partial charge in [0.1, 0.15) is 0 Å². The Labute approximate surface area is 111 Å². The van der Waals surface area contributed by atoms with E-state index >= 15 is 0 Å². The molecule has 1 aromatic heterocycles. The Morgan fingerprint density at radius 1 is 1.28 bits per heavy atom. The van der Waals surface area contributed by atoms with E-state index in [1.807, 2.05) is 25.3 Å². The molecule has 3 heteroatoms. The van der Waals surface area contributed by atoms with E-state index in [0.717, 1.165) is 17.8 Å². The van der Waals surface area contributed by atoms with E-state index in [2.05, 4.69) is 37.7 Å². The monoisotopic (exact) mass is 250 g/mol. The van der Waals surface area contributed by atoms with E-state index in [-0.39, 0.29) is 0 Å². The van der Waals surface area contributed by atoms with E-state index in [1.54, 1.807) is 0 Å². The first-order valence-electron chi connectivity index (χ1n) is 6.82. The molecule has 2 unspecified atom stereocenters. The van der Waals surface area contributed by atoms with Gasteiger partial charge >= 0.3 is 0 Å². The lowest BCUT2D eigenvalue weighted by molar-refractivity contribution is 0.169. The maximum atomic E-state index is 9.71. The molecule has 1 heterocycles. The van der Waals surface area contributed by atoms with Crippen molar-refractivity contribution in [2.45, 2.75) is 52.7 Å². The van der Waals surface area contributed by atoms with Crippen molar-refractivity contribution in [3.63, 3.8) is 0 Å². The summed E-state index contributed by atoms with van der Waals surface area (Å²) in [6.45, 7) is 8.67. The van der Waals surface area contributed by atoms with Gasteiger partial charge in [-0.15, -0.1) is 0 Å². The van der Waals surface area contributed by atoms with E-state index in [9.17, 15) is 5.11 Å². The predicted octanol–water partition coefficient (Wildman–Crippen LogP) is 3.40. The molecule has 1 N–H and O–H groups in total. The van der Waals surface area contributed by atoms with E-state index in [1.165, 1.54) is 0 Å². The van der Waals surface area contributed by atoms with Crippen LogP contribution in [-0.2, 0) is 0 Å². The molecule has 0 saturated carbocycles. The van der Waals surface area contributed by atoms with Gasteiger partial charge in [-0.2, -0.15) is 0 Å². The van der Waals surface area contributed by atoms with Crippen molar-refractivity contribution < 1.29 is 5.11 Å². The van der Waals surface area contributed by atoms with Crippen LogP contribution in [0.4, 0.5) is 5.69 Å². The lowest BCUT2D eigenvalue weighted by atomic mass is 10.0. The zero-order valence-corrected chi connectivity index (χ0v) is 12.2. The molecular weight excluding hydrogens is 224 g/mol. The number of hydrogen-bond acceptors (Lipinski definition) is 3. The quantitative estimate of drug-likeness (QED) is 0.840. The van der Waals surface area contributed by atoms with Crippen molar-refractivity contribution in [3.05, 3.63) is 24.0 Å². The van der Waals surface area contributed by atoms with Crippen LogP contribution in [0, 0.1) is 5.92 Å². The van der Waals surface area contributed by atoms with Gasteiger partial charge in [-0.25, -0.2) is 0 Å². The SMILES string of the molecule is CCC(O)c1ccc(N(C)C(C)CC(C)C)cn1. The minimum absolute atomic E-state index is 0.447. The normalized spacial score (nSPS) is 14.6. The molecule has 0 aliphatic carbocycles. The molecule has 0 aliphatic heterocycles. The van der Waals surface area contributed by atoms with Gasteiger partial charge in [-0.3, -0.25) is 4.98 Å². The van der Waals surface area contributed by atoms with Gasteiger partial charge in [0.15, 0.2) is 0 Å². The molecule has 102 valence electrons. The summed E-state index contributed by atoms with van der Waals surface area (Å²) in [4.78, 5) is 6.59. The number of pyridine rings is 1. The van der Waals surface area contributed by atoms with Crippen LogP contribution in [0.1, 0.15) is 52.3 Å². The van der Waals surface area contributed by atoms with Gasteiger partial charge in [0.25, 0.3) is 0 Å². The fourth-order valence-corrected chi connectivity index (χ4v) is 2.11. The Balaban J connectivity index is 2.72. The molecule has 3 nitrogen and oxygen atoms in total. The minimum atomic E-state index is -0.447. The summed E-state index contributed by atoms with van der Waals surface area (Å²) in [6, 6.07) is 4.45. The standard InChI is InChI=1S/C15H26N2O/c1-6-15(18)14-8-7-13(10-16-14)17(5)12(4)9-11(2)3/h7-8,10-12,15,18H,6,9H2,1-5H3. The molecule has 1 aromatic rings. The number of nitrogens with zero attached hydrogens (tertiary/aromatic N) is 2. The summed E-state index contributed by atoms with van der Waals surface area (Å²) in [5.74, 6) is 0.691. The summed E-state index contributed by atoms with van der Waals surface area (Å²) in [5, 5.41) is 9.71. The molecular formula is C15H26N2O. The topological polar surface area (TPSA) is 36.4 Å². The molecule has 1 rings (SSSR count). The zero-order chi connectivity index (χ0) is 13.7. The third-order valence-corrected chi connectivity index (χ3v) is 3.38. The van der Waals surface area contributed by atoms with Gasteiger partial charge in [0.05, 0.1) is 23.7 Å². The Morgan fingerprint density at radius 3 is 2.39 bits per heavy atom. The van der Waals surface area contributed by atoms with Gasteiger partial charge in [-0.1, -0.05) is 20.8 Å². The molecule has 2 atom stereocenters. The third kappa shape index (κ3) is 3.98. The Morgan fingerprint density at radius 2 is 1.94 bits per heavy atom. The first kappa shape index (κ1) is 15.0. The first-order chi connectivity index (χ1) is 8.45. The van der Waals surface area contributed by atoms with E-state index in [4.69, 9.17) is 0 Å². The fourth-order valence-electron chi connectivity index (χ4n) is 2.11. The van der Waals surface area contributed by atoms with E-state index in [0.29, 0.717) is 18.4 Å². The number of anilines is 1. The van der Waals surface area contributed by atoms with Crippen molar-refractivity contribution in [1.82, 2.24) is 4.98 Å². The maximum Gasteiger partial charge on any atom is 0.0957 e. The molecule has 0 aromatic carbocycles. The van der Waals surface area contributed by atoms with Gasteiger partial charge < -0.3 is 10.0 Å². The highest BCUT2D eigenvalue weighted by molar-refractivity contribution is 5.44. The molecule has 0 spiro atoms. The smallest absolute Gasteiger partial charge is 0.0957 e. The summed E-state index contributed by atoms with van der Waals surface area (Å²) in [7, 11) is 2.10. The maximum absolute atomic E-state index is 9.71. The predicted molar refractivity (Wildman–Crippen MR) is 76.8 cm³/mol. The van der Waals surface area contributed by atoms with Gasteiger partial charge in [0.2, 0.25) is 0 Å². The summed E-state index contributed by atoms with van der Waals surface area (Å²) in [5.41, 5.74) is 1.86. The van der Waals surface area contributed by atoms with Crippen LogP contribution in [0.3, 0.4) is 0 Å². The second-order valence-corrected chi connectivity index (χ2v) is 5.45. The Kier molecular flexibility index (Phi) is 5.60. The number of hydrogen-bond donors (Lipinski definition) is 1. The number of aromatic nitrogens is 1. The van der Waals surface area contributed by atoms with E-state index < -0.39 is 6.10 Å². The molecule has 0 saturated heterocycles. The van der Waals surface area contributed by atoms with Crippen LogP contribution in [0.5, 0.6) is 0 Å². The average Bonchev–Trinajstić information content (AvgIpc) is 2.36. The zero-order valence-electron chi connectivity index (χ0n) is 12.2. The van der Waals surface area contributed by atoms with Crippen molar-refractivity contribution in [3.8, 4) is 0 Å². The molecule has 18 heavy (non-hydrogen) atoms. The van der Waals surface area contributed by atoms with Crippen molar-refractivity contribution in [2.75, 3.05) is 11.9 Å². The molecule has 0 fully saturated rings. The van der Waals surface area contributed by atoms with Gasteiger partial charge in [0, 0.05) is 13.1 Å². The van der Waals surface area contributed by atoms with Crippen LogP contribution in [-0.4, -0.2) is 23.2 Å². The van der Waals surface area contributed by atoms with Crippen LogP contribution in [0.2, 0.25) is 0 Å². The van der Waals surface area contributed by atoms with Crippen LogP contribution >= 0.6 is 0 Å². The molecule has 0 bridgehead atoms. The van der Waals surface area contributed by atoms with Crippen molar-refractivity contribution in [1.29, 1.82) is 0 Å². The highest BCUT2D eigenvalue weighted by Crippen LogP contribution is 2.20. The average molecular weight is 250 g/mol. The second kappa shape index (κ2) is 6.74. The number of rotatable bonds is 6. The summed E-state index contributed by atoms with van der Waals surface area (Å²) in [6.07, 6.45) is 3.27. The fraction of sp³-hybridized carbons (Fsp3) is 0.667. The largest absolute Gasteiger partial charge is 0.387 e. The van der Waals surface area contributed by atoms with Crippen LogP contribution < -0.4 is 4.90 Å². The molecule has 0 radical (unpaired) electrons. The molecule has 0 aliphatic rings. The van der Waals surface area contributed by atoms with Crippen LogP contribution in [0.15, 0.2) is 18.3 Å². The second-order valence-electron chi connectivity index (χ2n) is 5.45. The highest BCUT2D eigenvalue weighted by Gasteiger charge is 2.13. The van der Waals surface area contributed by atoms with Crippen molar-refractivity contribution >= 4 is 5.69 Å². The summed E-state index contributed by atoms with van der Waals surface area (Å²) >= 11 is 0. The Bertz CT molecular complexity index is 348. The van der Waals surface area contributed by atoms with Crippen LogP contribution in [0.25, 0.3) is 0 Å². The highest BCUT2D eigenvalue weighted by atomic mass is 16.3. The number of aliphatic hydroxyl groups excluding tert-OH is 1. The molecule has 0 amide bonds. The third-order valence-electron chi connectivity index (χ3n) is 3.38. The minimum Gasteiger partial charge on any atom is -0.387 e. The van der Waals surface area contributed by atoms with Gasteiger partial charge in [-0.05, 0) is 37.8 Å². The summed E-state index contributed by atoms with van der Waals surface area (Å²) < 4.78 is 0. The lowest BCUT2D eigenvalue weighted by Crippen LogP contribution is -2.30. The first-order valence-corrected chi connectivity index (χ1v) is 6.82. The Hall–Kier alpha value is -1.09.